The minimum absolute atomic E-state index is 0.184. The van der Waals surface area contributed by atoms with E-state index in [1.165, 1.54) is 24.3 Å². The number of aliphatic hydroxyl groups excluding tert-OH is 1. The third-order valence-electron chi connectivity index (χ3n) is 2.92. The van der Waals surface area contributed by atoms with Crippen molar-refractivity contribution in [2.45, 2.75) is 33.2 Å². The first kappa shape index (κ1) is 20.1. The van der Waals surface area contributed by atoms with E-state index >= 15 is 0 Å². The van der Waals surface area contributed by atoms with Crippen LogP contribution in [0.2, 0.25) is 0 Å². The zero-order chi connectivity index (χ0) is 18.2. The van der Waals surface area contributed by atoms with Crippen LogP contribution in [0, 0.1) is 5.92 Å². The van der Waals surface area contributed by atoms with Crippen molar-refractivity contribution < 1.29 is 23.0 Å². The quantitative estimate of drug-likeness (QED) is 0.524. The first-order chi connectivity index (χ1) is 11.2. The number of aliphatic hydroxyl groups is 1. The maximum Gasteiger partial charge on any atom is 0.573 e. The average Bonchev–Trinajstić information content (AvgIpc) is 2.48. The molecule has 1 atom stereocenters. The van der Waals surface area contributed by atoms with Crippen LogP contribution in [0.15, 0.2) is 29.3 Å². The molecule has 24 heavy (non-hydrogen) atoms. The molecule has 1 rings (SSSR count). The summed E-state index contributed by atoms with van der Waals surface area (Å²) in [5, 5.41) is 16.2. The van der Waals surface area contributed by atoms with Gasteiger partial charge in [0, 0.05) is 19.6 Å². The van der Waals surface area contributed by atoms with Crippen LogP contribution in [0.5, 0.6) is 5.75 Å². The number of halogens is 3. The molecule has 0 aliphatic heterocycles. The largest absolute Gasteiger partial charge is 0.573 e. The number of benzene rings is 1. The number of alkyl halides is 3. The van der Waals surface area contributed by atoms with Crippen LogP contribution >= 0.6 is 0 Å². The molecule has 1 aromatic rings. The Bertz CT molecular complexity index is 516. The summed E-state index contributed by atoms with van der Waals surface area (Å²) in [5.41, 5.74) is 0.483. The van der Waals surface area contributed by atoms with Gasteiger partial charge < -0.3 is 20.5 Å². The number of hydrogen-bond acceptors (Lipinski definition) is 3. The Balaban J connectivity index is 2.60. The second-order valence-corrected chi connectivity index (χ2v) is 5.63. The fourth-order valence-corrected chi connectivity index (χ4v) is 1.82. The normalized spacial score (nSPS) is 13.8. The molecule has 0 spiro atoms. The smallest absolute Gasteiger partial charge is 0.406 e. The van der Waals surface area contributed by atoms with Gasteiger partial charge in [-0.2, -0.15) is 0 Å². The molecule has 3 N–H and O–H groups in total. The molecule has 0 bridgehead atoms. The Morgan fingerprint density at radius 2 is 1.83 bits per heavy atom. The van der Waals surface area contributed by atoms with E-state index in [-0.39, 0.29) is 12.3 Å². The Hall–Kier alpha value is -1.96. The summed E-state index contributed by atoms with van der Waals surface area (Å²) < 4.78 is 40.1. The first-order valence-corrected chi connectivity index (χ1v) is 7.77. The number of hydrogen-bond donors (Lipinski definition) is 3. The van der Waals surface area contributed by atoms with Crippen molar-refractivity contribution in [1.82, 2.24) is 10.6 Å². The Morgan fingerprint density at radius 3 is 2.33 bits per heavy atom. The molecule has 0 radical (unpaired) electrons. The predicted octanol–water partition coefficient (Wildman–Crippen LogP) is 2.83. The Morgan fingerprint density at radius 1 is 1.21 bits per heavy atom. The molecular formula is C16H24F3N3O2. The van der Waals surface area contributed by atoms with Crippen LogP contribution in [0.3, 0.4) is 0 Å². The van der Waals surface area contributed by atoms with Gasteiger partial charge in [0.25, 0.3) is 0 Å². The van der Waals surface area contributed by atoms with Crippen molar-refractivity contribution >= 4 is 5.96 Å². The topological polar surface area (TPSA) is 65.9 Å². The van der Waals surface area contributed by atoms with E-state index in [1.807, 2.05) is 20.8 Å². The molecule has 0 fully saturated rings. The van der Waals surface area contributed by atoms with Crippen molar-refractivity contribution in [3.05, 3.63) is 29.8 Å². The van der Waals surface area contributed by atoms with E-state index in [4.69, 9.17) is 0 Å². The number of nitrogens with zero attached hydrogens (tertiary/aromatic N) is 1. The summed E-state index contributed by atoms with van der Waals surface area (Å²) in [5.74, 6) is 0.673. The summed E-state index contributed by atoms with van der Waals surface area (Å²) in [6, 6.07) is 5.13. The third kappa shape index (κ3) is 8.05. The van der Waals surface area contributed by atoms with E-state index in [2.05, 4.69) is 20.4 Å². The molecule has 0 saturated heterocycles. The highest BCUT2D eigenvalue weighted by Gasteiger charge is 2.31. The first-order valence-electron chi connectivity index (χ1n) is 7.77. The molecule has 1 unspecified atom stereocenters. The van der Waals surface area contributed by atoms with Gasteiger partial charge in [0.2, 0.25) is 0 Å². The van der Waals surface area contributed by atoms with Crippen LogP contribution in [-0.2, 0) is 0 Å². The molecular weight excluding hydrogens is 323 g/mol. The Labute approximate surface area is 139 Å². The summed E-state index contributed by atoms with van der Waals surface area (Å²) in [4.78, 5) is 4.37. The van der Waals surface area contributed by atoms with Crippen LogP contribution in [0.25, 0.3) is 0 Å². The van der Waals surface area contributed by atoms with Gasteiger partial charge in [-0.15, -0.1) is 13.2 Å². The number of ether oxygens (including phenoxy) is 1. The van der Waals surface area contributed by atoms with Gasteiger partial charge in [0.15, 0.2) is 5.96 Å². The lowest BCUT2D eigenvalue weighted by molar-refractivity contribution is -0.274. The number of guanidine groups is 1. The molecule has 0 aromatic heterocycles. The fourth-order valence-electron chi connectivity index (χ4n) is 1.82. The maximum atomic E-state index is 12.1. The Kier molecular flexibility index (Phi) is 7.84. The number of rotatable bonds is 7. The van der Waals surface area contributed by atoms with E-state index in [0.29, 0.717) is 30.5 Å². The zero-order valence-electron chi connectivity index (χ0n) is 14.0. The number of nitrogens with one attached hydrogen (secondary N) is 2. The van der Waals surface area contributed by atoms with Crippen molar-refractivity contribution in [2.75, 3.05) is 19.6 Å². The van der Waals surface area contributed by atoms with Crippen molar-refractivity contribution in [1.29, 1.82) is 0 Å². The molecule has 0 aliphatic rings. The van der Waals surface area contributed by atoms with E-state index < -0.39 is 12.5 Å². The minimum atomic E-state index is -4.73. The van der Waals surface area contributed by atoms with Crippen molar-refractivity contribution in [3.8, 4) is 5.75 Å². The summed E-state index contributed by atoms with van der Waals surface area (Å²) in [7, 11) is 0. The molecule has 0 aliphatic carbocycles. The van der Waals surface area contributed by atoms with Crippen LogP contribution < -0.4 is 15.4 Å². The molecule has 0 saturated carbocycles. The van der Waals surface area contributed by atoms with Crippen molar-refractivity contribution in [3.63, 3.8) is 0 Å². The van der Waals surface area contributed by atoms with Gasteiger partial charge in [0.05, 0.1) is 6.10 Å². The summed E-state index contributed by atoms with van der Waals surface area (Å²) >= 11 is 0. The SMILES string of the molecule is CCNC(=NCC(C)C)NCC(O)c1ccc(OC(F)(F)F)cc1. The molecule has 5 nitrogen and oxygen atoms in total. The fraction of sp³-hybridized carbons (Fsp3) is 0.562. The van der Waals surface area contributed by atoms with Gasteiger partial charge in [-0.3, -0.25) is 4.99 Å². The predicted molar refractivity (Wildman–Crippen MR) is 86.9 cm³/mol. The van der Waals surface area contributed by atoms with Crippen LogP contribution in [0.1, 0.15) is 32.4 Å². The lowest BCUT2D eigenvalue weighted by Gasteiger charge is -2.16. The molecule has 8 heteroatoms. The van der Waals surface area contributed by atoms with Gasteiger partial charge >= 0.3 is 6.36 Å². The van der Waals surface area contributed by atoms with Gasteiger partial charge in [0.1, 0.15) is 5.75 Å². The van der Waals surface area contributed by atoms with E-state index in [1.54, 1.807) is 0 Å². The lowest BCUT2D eigenvalue weighted by atomic mass is 10.1. The molecule has 0 amide bonds. The molecule has 0 heterocycles. The van der Waals surface area contributed by atoms with Gasteiger partial charge in [-0.05, 0) is 30.5 Å². The molecule has 136 valence electrons. The van der Waals surface area contributed by atoms with Crippen molar-refractivity contribution in [2.24, 2.45) is 10.9 Å². The highest BCUT2D eigenvalue weighted by molar-refractivity contribution is 5.79. The second kappa shape index (κ2) is 9.36. The average molecular weight is 347 g/mol. The molecule has 1 aromatic carbocycles. The zero-order valence-corrected chi connectivity index (χ0v) is 14.0. The third-order valence-corrected chi connectivity index (χ3v) is 2.92. The summed E-state index contributed by atoms with van der Waals surface area (Å²) in [6.07, 6.45) is -5.61. The van der Waals surface area contributed by atoms with Crippen LogP contribution in [0.4, 0.5) is 13.2 Å². The maximum absolute atomic E-state index is 12.1. The summed E-state index contributed by atoms with van der Waals surface area (Å²) in [6.45, 7) is 7.54. The standard InChI is InChI=1S/C16H24F3N3O2/c1-4-20-15(21-9-11(2)3)22-10-14(23)12-5-7-13(8-6-12)24-16(17,18)19/h5-8,11,14,23H,4,9-10H2,1-3H3,(H2,20,21,22). The second-order valence-electron chi connectivity index (χ2n) is 5.63. The number of aliphatic imine (C=N–C) groups is 1. The minimum Gasteiger partial charge on any atom is -0.406 e. The highest BCUT2D eigenvalue weighted by Crippen LogP contribution is 2.24. The highest BCUT2D eigenvalue weighted by atomic mass is 19.4. The monoisotopic (exact) mass is 347 g/mol. The van der Waals surface area contributed by atoms with Gasteiger partial charge in [-0.25, -0.2) is 0 Å². The lowest BCUT2D eigenvalue weighted by Crippen LogP contribution is -2.39. The van der Waals surface area contributed by atoms with E-state index in [0.717, 1.165) is 0 Å². The van der Waals surface area contributed by atoms with E-state index in [9.17, 15) is 18.3 Å². The van der Waals surface area contributed by atoms with Crippen LogP contribution in [-0.4, -0.2) is 37.1 Å². The van der Waals surface area contributed by atoms with Gasteiger partial charge in [-0.1, -0.05) is 26.0 Å².